The number of hydrogen-bond donors (Lipinski definition) is 1. The predicted molar refractivity (Wildman–Crippen MR) is 181 cm³/mol. The number of methoxy groups -OCH3 is 1. The van der Waals surface area contributed by atoms with E-state index in [0.717, 1.165) is 97.5 Å². The third-order valence-corrected chi connectivity index (χ3v) is 10.2. The molecular formula is C34H50ClN7O4. The van der Waals surface area contributed by atoms with E-state index in [1.54, 1.807) is 7.11 Å². The van der Waals surface area contributed by atoms with Gasteiger partial charge < -0.3 is 29.3 Å². The highest BCUT2D eigenvalue weighted by Gasteiger charge is 2.40. The maximum Gasteiger partial charge on any atom is 0.410 e. The predicted octanol–water partition coefficient (Wildman–Crippen LogP) is 6.26. The molecule has 2 atom stereocenters. The number of carbonyl (C=O) groups is 1. The van der Waals surface area contributed by atoms with Gasteiger partial charge in [-0.25, -0.2) is 9.48 Å². The fraction of sp³-hybridized carbons (Fsp3) is 0.676. The summed E-state index contributed by atoms with van der Waals surface area (Å²) in [5.41, 5.74) is 4.22. The Kier molecular flexibility index (Phi) is 9.32. The molecule has 3 aromatic rings. The molecule has 1 aromatic carbocycles. The summed E-state index contributed by atoms with van der Waals surface area (Å²) in [7, 11) is 1.75. The molecule has 3 aliphatic rings. The van der Waals surface area contributed by atoms with Gasteiger partial charge in [0.25, 0.3) is 0 Å². The Morgan fingerprint density at radius 3 is 2.57 bits per heavy atom. The van der Waals surface area contributed by atoms with E-state index in [4.69, 9.17) is 36.0 Å². The fourth-order valence-corrected chi connectivity index (χ4v) is 7.61. The van der Waals surface area contributed by atoms with Crippen LogP contribution in [0.1, 0.15) is 83.3 Å². The molecular weight excluding hydrogens is 606 g/mol. The second-order valence-corrected chi connectivity index (χ2v) is 14.8. The van der Waals surface area contributed by atoms with E-state index in [1.165, 1.54) is 0 Å². The van der Waals surface area contributed by atoms with Crippen molar-refractivity contribution in [2.75, 3.05) is 57.9 Å². The lowest BCUT2D eigenvalue weighted by molar-refractivity contribution is -0.0366. The molecule has 0 aliphatic carbocycles. The number of likely N-dealkylation sites (tertiary alicyclic amines) is 1. The number of anilines is 1. The molecule has 0 bridgehead atoms. The minimum Gasteiger partial charge on any atom is -0.444 e. The van der Waals surface area contributed by atoms with Gasteiger partial charge >= 0.3 is 6.09 Å². The minimum atomic E-state index is -0.524. The molecule has 3 aliphatic heterocycles. The largest absolute Gasteiger partial charge is 0.444 e. The maximum atomic E-state index is 12.8. The van der Waals surface area contributed by atoms with Crippen LogP contribution >= 0.6 is 11.6 Å². The number of nitrogens with one attached hydrogen (secondary N) is 1. The molecule has 3 fully saturated rings. The van der Waals surface area contributed by atoms with Crippen LogP contribution in [0.25, 0.3) is 22.0 Å². The molecule has 5 heterocycles. The van der Waals surface area contributed by atoms with Crippen LogP contribution in [0.5, 0.6) is 0 Å². The number of ether oxygens (including phenoxy) is 3. The van der Waals surface area contributed by atoms with Crippen molar-refractivity contribution >= 4 is 34.4 Å². The number of piperidine rings is 1. The number of rotatable bonds is 6. The third-order valence-electron chi connectivity index (χ3n) is 9.67. The molecule has 1 N–H and O–H groups in total. The molecule has 0 spiro atoms. The van der Waals surface area contributed by atoms with Gasteiger partial charge in [-0.05, 0) is 85.3 Å². The molecule has 252 valence electrons. The molecule has 3 saturated heterocycles. The second-order valence-electron chi connectivity index (χ2n) is 14.4. The first-order valence-corrected chi connectivity index (χ1v) is 17.1. The Labute approximate surface area is 277 Å². The molecule has 0 saturated carbocycles. The summed E-state index contributed by atoms with van der Waals surface area (Å²) in [4.78, 5) is 17.1. The summed E-state index contributed by atoms with van der Waals surface area (Å²) in [5.74, 6) is 0.906. The van der Waals surface area contributed by atoms with Gasteiger partial charge in [0, 0.05) is 68.6 Å². The number of carbonyl (C=O) groups excluding carboxylic acids is 1. The highest BCUT2D eigenvalue weighted by molar-refractivity contribution is 6.36. The lowest BCUT2D eigenvalue weighted by atomic mass is 9.94. The average molecular weight is 656 g/mol. The first-order chi connectivity index (χ1) is 21.9. The number of aromatic nitrogens is 4. The number of piperazine rings is 1. The van der Waals surface area contributed by atoms with Crippen LogP contribution in [0.3, 0.4) is 0 Å². The summed E-state index contributed by atoms with van der Waals surface area (Å²) in [5, 5.41) is 15.6. The van der Waals surface area contributed by atoms with Gasteiger partial charge in [-0.3, -0.25) is 4.68 Å². The first kappa shape index (κ1) is 33.1. The average Bonchev–Trinajstić information content (AvgIpc) is 3.58. The van der Waals surface area contributed by atoms with Crippen molar-refractivity contribution in [3.8, 4) is 11.1 Å². The van der Waals surface area contributed by atoms with Crippen molar-refractivity contribution in [3.05, 3.63) is 28.5 Å². The molecule has 0 radical (unpaired) electrons. The Balaban J connectivity index is 1.46. The van der Waals surface area contributed by atoms with Gasteiger partial charge in [0.2, 0.25) is 0 Å². The van der Waals surface area contributed by atoms with Gasteiger partial charge in [0.05, 0.1) is 34.9 Å². The van der Waals surface area contributed by atoms with E-state index in [0.29, 0.717) is 24.7 Å². The van der Waals surface area contributed by atoms with Crippen molar-refractivity contribution in [1.82, 2.24) is 29.8 Å². The molecule has 11 nitrogen and oxygen atoms in total. The van der Waals surface area contributed by atoms with Crippen LogP contribution in [-0.2, 0) is 14.2 Å². The van der Waals surface area contributed by atoms with Crippen molar-refractivity contribution < 1.29 is 19.0 Å². The second kappa shape index (κ2) is 13.0. The van der Waals surface area contributed by atoms with E-state index < -0.39 is 5.60 Å². The SMILES string of the molecule is COC[C@@]1(C)CNCCN1c1nn(C2CCN(C(=O)OC(C)(C)C)CC2)c(C)c1-c1c(Cl)c(C)cc2c1cnn2C1CCCCO1. The minimum absolute atomic E-state index is 0.0868. The van der Waals surface area contributed by atoms with Gasteiger partial charge in [-0.2, -0.15) is 10.2 Å². The summed E-state index contributed by atoms with van der Waals surface area (Å²) in [6.07, 6.45) is 6.31. The number of nitrogens with zero attached hydrogens (tertiary/aromatic N) is 6. The van der Waals surface area contributed by atoms with E-state index in [-0.39, 0.29) is 23.9 Å². The van der Waals surface area contributed by atoms with Crippen LogP contribution in [0.2, 0.25) is 5.02 Å². The summed E-state index contributed by atoms with van der Waals surface area (Å²) in [6.45, 7) is 17.1. The van der Waals surface area contributed by atoms with Crippen molar-refractivity contribution in [2.24, 2.45) is 0 Å². The normalized spacial score (nSPS) is 23.3. The van der Waals surface area contributed by atoms with E-state index in [9.17, 15) is 4.79 Å². The molecule has 2 aromatic heterocycles. The van der Waals surface area contributed by atoms with Crippen LogP contribution in [-0.4, -0.2) is 94.7 Å². The zero-order valence-electron chi connectivity index (χ0n) is 28.5. The Morgan fingerprint density at radius 2 is 1.89 bits per heavy atom. The highest BCUT2D eigenvalue weighted by atomic mass is 35.5. The number of amides is 1. The standard InChI is InChI=1S/C34H50ClN7O4/c1-22-18-26-25(19-37-42(26)27-10-8-9-17-45-27)29(30(22)35)28-23(2)41(24-11-14-39(15-12-24)32(43)46-33(3,4)5)38-31(28)40-16-13-36-20-34(40,6)21-44-7/h18-19,24,27,36H,8-17,20-21H2,1-7H3/t27?,34-/m1/s1. The monoisotopic (exact) mass is 655 g/mol. The summed E-state index contributed by atoms with van der Waals surface area (Å²) in [6, 6.07) is 2.26. The highest BCUT2D eigenvalue weighted by Crippen LogP contribution is 2.46. The number of benzene rings is 1. The van der Waals surface area contributed by atoms with E-state index in [2.05, 4.69) is 41.7 Å². The van der Waals surface area contributed by atoms with Crippen LogP contribution in [0.4, 0.5) is 10.6 Å². The smallest absolute Gasteiger partial charge is 0.410 e. The summed E-state index contributed by atoms with van der Waals surface area (Å²) < 4.78 is 21.8. The zero-order chi connectivity index (χ0) is 32.8. The Bertz CT molecular complexity index is 1560. The fourth-order valence-electron chi connectivity index (χ4n) is 7.36. The molecule has 1 unspecified atom stereocenters. The van der Waals surface area contributed by atoms with Crippen molar-refractivity contribution in [1.29, 1.82) is 0 Å². The van der Waals surface area contributed by atoms with Crippen LogP contribution in [0, 0.1) is 13.8 Å². The molecule has 12 heteroatoms. The van der Waals surface area contributed by atoms with E-state index >= 15 is 0 Å². The van der Waals surface area contributed by atoms with Crippen molar-refractivity contribution in [2.45, 2.75) is 97.1 Å². The quantitative estimate of drug-likeness (QED) is 0.333. The van der Waals surface area contributed by atoms with Crippen LogP contribution < -0.4 is 10.2 Å². The van der Waals surface area contributed by atoms with Gasteiger partial charge in [-0.15, -0.1) is 0 Å². The lowest BCUT2D eigenvalue weighted by Gasteiger charge is -2.45. The zero-order valence-corrected chi connectivity index (χ0v) is 29.2. The third kappa shape index (κ3) is 6.23. The number of hydrogen-bond acceptors (Lipinski definition) is 8. The van der Waals surface area contributed by atoms with Crippen LogP contribution in [0.15, 0.2) is 12.3 Å². The Morgan fingerprint density at radius 1 is 1.13 bits per heavy atom. The molecule has 6 rings (SSSR count). The maximum absolute atomic E-state index is 12.8. The van der Waals surface area contributed by atoms with Crippen molar-refractivity contribution in [3.63, 3.8) is 0 Å². The van der Waals surface area contributed by atoms with E-state index in [1.807, 2.05) is 36.5 Å². The molecule has 46 heavy (non-hydrogen) atoms. The number of aryl methyl sites for hydroxylation is 1. The topological polar surface area (TPSA) is 98.9 Å². The summed E-state index contributed by atoms with van der Waals surface area (Å²) >= 11 is 7.30. The van der Waals surface area contributed by atoms with Gasteiger partial charge in [0.15, 0.2) is 12.0 Å². The number of fused-ring (bicyclic) bond motifs is 1. The Hall–Kier alpha value is -2.86. The first-order valence-electron chi connectivity index (χ1n) is 16.7. The lowest BCUT2D eigenvalue weighted by Crippen LogP contribution is -2.62. The number of halogens is 1. The van der Waals surface area contributed by atoms with Gasteiger partial charge in [0.1, 0.15) is 5.60 Å². The van der Waals surface area contributed by atoms with Gasteiger partial charge in [-0.1, -0.05) is 11.6 Å². The molecule has 1 amide bonds.